The number of imidazole rings is 1. The Kier molecular flexibility index (Phi) is 7.45. The fourth-order valence-electron chi connectivity index (χ4n) is 2.80. The highest BCUT2D eigenvalue weighted by molar-refractivity contribution is 6.38. The lowest BCUT2D eigenvalue weighted by molar-refractivity contribution is 0.683. The molecule has 2 nitrogen and oxygen atoms in total. The normalized spacial score (nSPS) is 11.1. The lowest BCUT2D eigenvalue weighted by atomic mass is 10.1. The van der Waals surface area contributed by atoms with Crippen LogP contribution in [0.1, 0.15) is 63.8 Å². The van der Waals surface area contributed by atoms with E-state index in [1.807, 2.05) is 18.2 Å². The summed E-state index contributed by atoms with van der Waals surface area (Å²) in [6.07, 6.45) is 9.37. The molecular formula is C19H26Cl2N2. The van der Waals surface area contributed by atoms with Gasteiger partial charge >= 0.3 is 0 Å². The van der Waals surface area contributed by atoms with Gasteiger partial charge in [0, 0.05) is 5.69 Å². The van der Waals surface area contributed by atoms with Crippen LogP contribution in [0.4, 0.5) is 0 Å². The molecule has 23 heavy (non-hydrogen) atoms. The molecule has 1 heterocycles. The van der Waals surface area contributed by atoms with Gasteiger partial charge < -0.3 is 4.98 Å². The second-order valence-corrected chi connectivity index (χ2v) is 6.84. The maximum Gasteiger partial charge on any atom is 0.140 e. The maximum atomic E-state index is 6.33. The standard InChI is InChI=1S/C19H26Cl2N2/c1-3-5-7-12-16-17(13-8-6-4-2)23-19(22-16)18-14(20)10-9-11-15(18)21/h9-11H,3-8,12-13H2,1-2H3,(H,22,23). The van der Waals surface area contributed by atoms with E-state index in [4.69, 9.17) is 28.2 Å². The van der Waals surface area contributed by atoms with Crippen molar-refractivity contribution in [2.45, 2.75) is 65.2 Å². The fourth-order valence-corrected chi connectivity index (χ4v) is 3.37. The summed E-state index contributed by atoms with van der Waals surface area (Å²) >= 11 is 12.7. The van der Waals surface area contributed by atoms with E-state index in [1.54, 1.807) is 0 Å². The zero-order valence-corrected chi connectivity index (χ0v) is 15.6. The molecular weight excluding hydrogens is 327 g/mol. The minimum absolute atomic E-state index is 0.645. The number of rotatable bonds is 9. The molecule has 0 amide bonds. The van der Waals surface area contributed by atoms with Crippen LogP contribution in [0.3, 0.4) is 0 Å². The number of aromatic amines is 1. The molecule has 2 aromatic rings. The SMILES string of the molecule is CCCCCc1nc(-c2c(Cl)cccc2Cl)[nH]c1CCCCC. The average molecular weight is 353 g/mol. The molecule has 0 aliphatic heterocycles. The van der Waals surface area contributed by atoms with Gasteiger partial charge in [0.25, 0.3) is 0 Å². The van der Waals surface area contributed by atoms with Crippen molar-refractivity contribution in [3.05, 3.63) is 39.6 Å². The zero-order chi connectivity index (χ0) is 16.7. The van der Waals surface area contributed by atoms with Crippen LogP contribution in [-0.4, -0.2) is 9.97 Å². The highest BCUT2D eigenvalue weighted by Crippen LogP contribution is 2.33. The molecule has 0 atom stereocenters. The van der Waals surface area contributed by atoms with Crippen LogP contribution in [0.5, 0.6) is 0 Å². The third-order valence-electron chi connectivity index (χ3n) is 4.11. The summed E-state index contributed by atoms with van der Waals surface area (Å²) < 4.78 is 0. The molecule has 1 N–H and O–H groups in total. The van der Waals surface area contributed by atoms with Gasteiger partial charge in [-0.25, -0.2) is 4.98 Å². The van der Waals surface area contributed by atoms with Gasteiger partial charge in [-0.05, 0) is 37.8 Å². The molecule has 2 rings (SSSR count). The van der Waals surface area contributed by atoms with Crippen molar-refractivity contribution in [1.82, 2.24) is 9.97 Å². The number of benzene rings is 1. The Bertz CT molecular complexity index is 572. The third-order valence-corrected chi connectivity index (χ3v) is 4.74. The van der Waals surface area contributed by atoms with E-state index in [0.29, 0.717) is 10.0 Å². The monoisotopic (exact) mass is 352 g/mol. The van der Waals surface area contributed by atoms with Gasteiger partial charge in [0.15, 0.2) is 0 Å². The summed E-state index contributed by atoms with van der Waals surface area (Å²) in [7, 11) is 0. The Morgan fingerprint density at radius 1 is 0.913 bits per heavy atom. The molecule has 0 aliphatic rings. The first-order chi connectivity index (χ1) is 11.2. The van der Waals surface area contributed by atoms with Crippen LogP contribution in [0.2, 0.25) is 10.0 Å². The van der Waals surface area contributed by atoms with Crippen LogP contribution in [0.25, 0.3) is 11.4 Å². The van der Waals surface area contributed by atoms with Gasteiger partial charge in [-0.15, -0.1) is 0 Å². The first-order valence-corrected chi connectivity index (χ1v) is 9.45. The molecule has 0 aliphatic carbocycles. The van der Waals surface area contributed by atoms with Crippen molar-refractivity contribution in [2.75, 3.05) is 0 Å². The smallest absolute Gasteiger partial charge is 0.140 e. The number of aryl methyl sites for hydroxylation is 2. The second-order valence-electron chi connectivity index (χ2n) is 6.02. The van der Waals surface area contributed by atoms with Gasteiger partial charge in [0.05, 0.1) is 21.3 Å². The number of hydrogen-bond donors (Lipinski definition) is 1. The molecule has 0 fully saturated rings. The minimum Gasteiger partial charge on any atom is -0.342 e. The molecule has 1 aromatic carbocycles. The number of halogens is 2. The van der Waals surface area contributed by atoms with Crippen molar-refractivity contribution in [2.24, 2.45) is 0 Å². The molecule has 0 saturated carbocycles. The van der Waals surface area contributed by atoms with E-state index in [2.05, 4.69) is 18.8 Å². The van der Waals surface area contributed by atoms with Crippen molar-refractivity contribution in [3.8, 4) is 11.4 Å². The predicted molar refractivity (Wildman–Crippen MR) is 101 cm³/mol. The quantitative estimate of drug-likeness (QED) is 0.491. The summed E-state index contributed by atoms with van der Waals surface area (Å²) in [5.41, 5.74) is 3.25. The van der Waals surface area contributed by atoms with E-state index < -0.39 is 0 Å². The van der Waals surface area contributed by atoms with Gasteiger partial charge in [-0.3, -0.25) is 0 Å². The van der Waals surface area contributed by atoms with Crippen LogP contribution in [0.15, 0.2) is 18.2 Å². The van der Waals surface area contributed by atoms with Gasteiger partial charge in [-0.2, -0.15) is 0 Å². The molecule has 1 aromatic heterocycles. The topological polar surface area (TPSA) is 28.7 Å². The highest BCUT2D eigenvalue weighted by Gasteiger charge is 2.15. The summed E-state index contributed by atoms with van der Waals surface area (Å²) in [4.78, 5) is 8.31. The first kappa shape index (κ1) is 18.4. The Hall–Kier alpha value is -0.990. The Balaban J connectivity index is 2.27. The zero-order valence-electron chi connectivity index (χ0n) is 14.1. The van der Waals surface area contributed by atoms with Crippen LogP contribution >= 0.6 is 23.2 Å². The molecule has 0 bridgehead atoms. The van der Waals surface area contributed by atoms with Crippen molar-refractivity contribution in [3.63, 3.8) is 0 Å². The number of unbranched alkanes of at least 4 members (excludes halogenated alkanes) is 4. The lowest BCUT2D eigenvalue weighted by Gasteiger charge is -2.03. The van der Waals surface area contributed by atoms with E-state index in [9.17, 15) is 0 Å². The van der Waals surface area contributed by atoms with E-state index in [0.717, 1.165) is 24.2 Å². The predicted octanol–water partition coefficient (Wildman–Crippen LogP) is 6.85. The Labute approximate surface area is 149 Å². The maximum absolute atomic E-state index is 6.33. The number of H-pyrrole nitrogens is 1. The van der Waals surface area contributed by atoms with Crippen molar-refractivity contribution >= 4 is 23.2 Å². The first-order valence-electron chi connectivity index (χ1n) is 8.69. The highest BCUT2D eigenvalue weighted by atomic mass is 35.5. The lowest BCUT2D eigenvalue weighted by Crippen LogP contribution is -1.94. The van der Waals surface area contributed by atoms with E-state index >= 15 is 0 Å². The Morgan fingerprint density at radius 3 is 2.13 bits per heavy atom. The summed E-state index contributed by atoms with van der Waals surface area (Å²) in [6.45, 7) is 4.45. The van der Waals surface area contributed by atoms with Crippen LogP contribution in [0, 0.1) is 0 Å². The second kappa shape index (κ2) is 9.34. The summed E-state index contributed by atoms with van der Waals surface area (Å²) in [5, 5.41) is 1.29. The number of aromatic nitrogens is 2. The summed E-state index contributed by atoms with van der Waals surface area (Å²) in [6, 6.07) is 5.58. The van der Waals surface area contributed by atoms with Gasteiger partial charge in [0.1, 0.15) is 5.82 Å². The van der Waals surface area contributed by atoms with Crippen molar-refractivity contribution in [1.29, 1.82) is 0 Å². The number of nitrogens with one attached hydrogen (secondary N) is 1. The number of hydrogen-bond acceptors (Lipinski definition) is 1. The van der Waals surface area contributed by atoms with Gasteiger partial charge in [0.2, 0.25) is 0 Å². The number of nitrogens with zero attached hydrogens (tertiary/aromatic N) is 1. The molecule has 0 saturated heterocycles. The third kappa shape index (κ3) is 4.99. The largest absolute Gasteiger partial charge is 0.342 e. The van der Waals surface area contributed by atoms with Crippen LogP contribution in [-0.2, 0) is 12.8 Å². The van der Waals surface area contributed by atoms with E-state index in [1.165, 1.54) is 49.9 Å². The van der Waals surface area contributed by atoms with E-state index in [-0.39, 0.29) is 0 Å². The van der Waals surface area contributed by atoms with Crippen LogP contribution < -0.4 is 0 Å². The fraction of sp³-hybridized carbons (Fsp3) is 0.526. The molecule has 0 spiro atoms. The molecule has 0 radical (unpaired) electrons. The van der Waals surface area contributed by atoms with Crippen molar-refractivity contribution < 1.29 is 0 Å². The average Bonchev–Trinajstić information content (AvgIpc) is 2.91. The van der Waals surface area contributed by atoms with Gasteiger partial charge in [-0.1, -0.05) is 68.8 Å². The minimum atomic E-state index is 0.645. The molecule has 126 valence electrons. The molecule has 0 unspecified atom stereocenters. The summed E-state index contributed by atoms with van der Waals surface area (Å²) in [5.74, 6) is 0.804. The molecule has 4 heteroatoms. The Morgan fingerprint density at radius 2 is 1.52 bits per heavy atom.